The highest BCUT2D eigenvalue weighted by molar-refractivity contribution is 4.92. The summed E-state index contributed by atoms with van der Waals surface area (Å²) in [6.45, 7) is 10.1. The van der Waals surface area contributed by atoms with E-state index in [1.54, 1.807) is 0 Å². The van der Waals surface area contributed by atoms with Gasteiger partial charge in [0, 0.05) is 18.2 Å². The Labute approximate surface area is 57.9 Å². The number of nitrogens with two attached hydrogens (primary N) is 2. The molecule has 0 aliphatic carbocycles. The Kier molecular flexibility index (Phi) is 9.43. The van der Waals surface area contributed by atoms with Gasteiger partial charge in [-0.3, -0.25) is 0 Å². The summed E-state index contributed by atoms with van der Waals surface area (Å²) < 4.78 is 0. The lowest BCUT2D eigenvalue weighted by Crippen LogP contribution is -2.16. The summed E-state index contributed by atoms with van der Waals surface area (Å²) in [6, 6.07) is 0. The zero-order chi connectivity index (χ0) is 7.86. The zero-order valence-corrected chi connectivity index (χ0v) is 6.65. The third kappa shape index (κ3) is 7.50. The second-order valence-corrected chi connectivity index (χ2v) is 1.71. The predicted octanol–water partition coefficient (Wildman–Crippen LogP) is 1.08. The average molecular weight is 130 g/mol. The van der Waals surface area contributed by atoms with Crippen molar-refractivity contribution < 1.29 is 0 Å². The molecule has 0 heterocycles. The number of hydrogen-bond acceptors (Lipinski definition) is 2. The molecule has 1 atom stereocenters. The van der Waals surface area contributed by atoms with Crippen molar-refractivity contribution in [3.8, 4) is 0 Å². The molecule has 0 spiro atoms. The van der Waals surface area contributed by atoms with Gasteiger partial charge < -0.3 is 11.5 Å². The predicted molar refractivity (Wildman–Crippen MR) is 42.9 cm³/mol. The van der Waals surface area contributed by atoms with E-state index in [9.17, 15) is 0 Å². The summed E-state index contributed by atoms with van der Waals surface area (Å²) in [5.41, 5.74) is 11.2. The van der Waals surface area contributed by atoms with Crippen LogP contribution < -0.4 is 11.5 Å². The first-order chi connectivity index (χ1) is 4.18. The van der Waals surface area contributed by atoms with Crippen molar-refractivity contribution in [2.75, 3.05) is 6.54 Å². The summed E-state index contributed by atoms with van der Waals surface area (Å²) in [4.78, 5) is 0. The highest BCUT2D eigenvalue weighted by Gasteiger charge is 1.95. The first-order valence-corrected chi connectivity index (χ1v) is 3.32. The fourth-order valence-electron chi connectivity index (χ4n) is 0.151. The van der Waals surface area contributed by atoms with E-state index in [1.807, 2.05) is 20.8 Å². The number of rotatable bonds is 2. The topological polar surface area (TPSA) is 52.0 Å². The van der Waals surface area contributed by atoms with E-state index < -0.39 is 0 Å². The Balaban J connectivity index is 0. The van der Waals surface area contributed by atoms with Gasteiger partial charge in [-0.15, -0.1) is 0 Å². The second kappa shape index (κ2) is 7.50. The molecule has 1 unspecified atom stereocenters. The van der Waals surface area contributed by atoms with E-state index in [0.29, 0.717) is 12.2 Å². The van der Waals surface area contributed by atoms with Crippen LogP contribution in [0.5, 0.6) is 0 Å². The minimum absolute atomic E-state index is 0.264. The summed E-state index contributed by atoms with van der Waals surface area (Å²) in [5, 5.41) is 0. The van der Waals surface area contributed by atoms with Crippen LogP contribution in [0.25, 0.3) is 0 Å². The first-order valence-electron chi connectivity index (χ1n) is 3.32. The van der Waals surface area contributed by atoms with E-state index in [0.717, 1.165) is 0 Å². The molecule has 56 valence electrons. The lowest BCUT2D eigenvalue weighted by atomic mass is 10.1. The van der Waals surface area contributed by atoms with Gasteiger partial charge >= 0.3 is 0 Å². The van der Waals surface area contributed by atoms with Crippen LogP contribution in [0.15, 0.2) is 12.3 Å². The molecule has 0 aromatic heterocycles. The van der Waals surface area contributed by atoms with Crippen molar-refractivity contribution in [3.05, 3.63) is 12.3 Å². The first kappa shape index (κ1) is 11.3. The Morgan fingerprint density at radius 2 is 1.89 bits per heavy atom. The normalized spacial score (nSPS) is 11.1. The maximum Gasteiger partial charge on any atom is 0.00728 e. The molecule has 0 aromatic rings. The van der Waals surface area contributed by atoms with Crippen LogP contribution >= 0.6 is 0 Å². The molecule has 4 N–H and O–H groups in total. The quantitative estimate of drug-likeness (QED) is 0.587. The summed E-state index contributed by atoms with van der Waals surface area (Å²) in [5.74, 6) is 0.264. The van der Waals surface area contributed by atoms with Crippen molar-refractivity contribution in [2.24, 2.45) is 17.4 Å². The van der Waals surface area contributed by atoms with Crippen LogP contribution in [0.1, 0.15) is 20.8 Å². The monoisotopic (exact) mass is 130 g/mol. The lowest BCUT2D eigenvalue weighted by Gasteiger charge is -2.04. The van der Waals surface area contributed by atoms with Gasteiger partial charge in [-0.1, -0.05) is 27.4 Å². The van der Waals surface area contributed by atoms with Crippen LogP contribution in [0.4, 0.5) is 0 Å². The molecule has 0 radical (unpaired) electrons. The molecule has 9 heavy (non-hydrogen) atoms. The molecule has 0 aromatic carbocycles. The van der Waals surface area contributed by atoms with Gasteiger partial charge in [0.1, 0.15) is 0 Å². The molecule has 0 saturated carbocycles. The van der Waals surface area contributed by atoms with Crippen LogP contribution in [-0.4, -0.2) is 6.54 Å². The summed E-state index contributed by atoms with van der Waals surface area (Å²) in [6.07, 6.45) is 0. The van der Waals surface area contributed by atoms with Crippen LogP contribution in [0.2, 0.25) is 0 Å². The molecular weight excluding hydrogens is 112 g/mol. The highest BCUT2D eigenvalue weighted by Crippen LogP contribution is 1.95. The largest absolute Gasteiger partial charge is 0.402 e. The van der Waals surface area contributed by atoms with Gasteiger partial charge in [0.25, 0.3) is 0 Å². The van der Waals surface area contributed by atoms with Gasteiger partial charge in [0.05, 0.1) is 0 Å². The van der Waals surface area contributed by atoms with E-state index in [4.69, 9.17) is 11.5 Å². The third-order valence-corrected chi connectivity index (χ3v) is 0.987. The van der Waals surface area contributed by atoms with Crippen molar-refractivity contribution in [2.45, 2.75) is 20.8 Å². The highest BCUT2D eigenvalue weighted by atomic mass is 14.6. The SMILES string of the molecule is C=C(N)C(C)CN.CC. The van der Waals surface area contributed by atoms with E-state index in [2.05, 4.69) is 6.58 Å². The fourth-order valence-corrected chi connectivity index (χ4v) is 0.151. The third-order valence-electron chi connectivity index (χ3n) is 0.987. The van der Waals surface area contributed by atoms with Crippen molar-refractivity contribution in [1.82, 2.24) is 0 Å². The molecule has 2 nitrogen and oxygen atoms in total. The molecule has 0 aliphatic heterocycles. The minimum Gasteiger partial charge on any atom is -0.402 e. The average Bonchev–Trinajstić information content (AvgIpc) is 1.91. The van der Waals surface area contributed by atoms with Crippen molar-refractivity contribution in [1.29, 1.82) is 0 Å². The van der Waals surface area contributed by atoms with Gasteiger partial charge in [0.15, 0.2) is 0 Å². The molecule has 0 amide bonds. The summed E-state index contributed by atoms with van der Waals surface area (Å²) in [7, 11) is 0. The number of hydrogen-bond donors (Lipinski definition) is 2. The van der Waals surface area contributed by atoms with Crippen molar-refractivity contribution in [3.63, 3.8) is 0 Å². The molecule has 0 bridgehead atoms. The molecule has 0 rings (SSSR count). The molecular formula is C7H18N2. The van der Waals surface area contributed by atoms with E-state index >= 15 is 0 Å². The zero-order valence-electron chi connectivity index (χ0n) is 6.65. The Hall–Kier alpha value is -0.500. The fraction of sp³-hybridized carbons (Fsp3) is 0.714. The van der Waals surface area contributed by atoms with Gasteiger partial charge in [-0.05, 0) is 0 Å². The van der Waals surface area contributed by atoms with Gasteiger partial charge in [0.2, 0.25) is 0 Å². The van der Waals surface area contributed by atoms with Crippen LogP contribution in [-0.2, 0) is 0 Å². The Bertz CT molecular complexity index is 69.3. The van der Waals surface area contributed by atoms with Crippen molar-refractivity contribution >= 4 is 0 Å². The molecule has 0 aliphatic rings. The maximum atomic E-state index is 5.27. The maximum absolute atomic E-state index is 5.27. The molecule has 0 saturated heterocycles. The van der Waals surface area contributed by atoms with Crippen LogP contribution in [0.3, 0.4) is 0 Å². The van der Waals surface area contributed by atoms with E-state index in [-0.39, 0.29) is 5.92 Å². The second-order valence-electron chi connectivity index (χ2n) is 1.71. The molecule has 2 heteroatoms. The smallest absolute Gasteiger partial charge is 0.00728 e. The standard InChI is InChI=1S/C5H12N2.C2H6/c1-4(3-6)5(2)7;1-2/h4H,2-3,6-7H2,1H3;1-2H3. The van der Waals surface area contributed by atoms with Gasteiger partial charge in [-0.25, -0.2) is 0 Å². The Morgan fingerprint density at radius 1 is 1.56 bits per heavy atom. The molecule has 0 fully saturated rings. The summed E-state index contributed by atoms with van der Waals surface area (Å²) >= 11 is 0. The van der Waals surface area contributed by atoms with E-state index in [1.165, 1.54) is 0 Å². The lowest BCUT2D eigenvalue weighted by molar-refractivity contribution is 0.688. The Morgan fingerprint density at radius 3 is 1.89 bits per heavy atom. The minimum atomic E-state index is 0.264. The van der Waals surface area contributed by atoms with Gasteiger partial charge in [-0.2, -0.15) is 0 Å². The van der Waals surface area contributed by atoms with Crippen LogP contribution in [0, 0.1) is 5.92 Å².